The summed E-state index contributed by atoms with van der Waals surface area (Å²) in [6.45, 7) is 27.2. The van der Waals surface area contributed by atoms with Gasteiger partial charge in [-0.2, -0.15) is 0 Å². The van der Waals surface area contributed by atoms with E-state index in [0.29, 0.717) is 0 Å². The Labute approximate surface area is 221 Å². The molecule has 0 saturated heterocycles. The van der Waals surface area contributed by atoms with Crippen molar-refractivity contribution < 1.29 is 12.3 Å². The molecule has 0 aromatic heterocycles. The summed E-state index contributed by atoms with van der Waals surface area (Å²) in [6.07, 6.45) is 0. The van der Waals surface area contributed by atoms with Crippen LogP contribution in [0.15, 0.2) is 60.7 Å². The van der Waals surface area contributed by atoms with Crippen LogP contribution in [-0.4, -0.2) is 50.6 Å². The first-order chi connectivity index (χ1) is 15.7. The number of benzene rings is 2. The van der Waals surface area contributed by atoms with Crippen molar-refractivity contribution in [3.8, 4) is 0 Å². The third-order valence-electron chi connectivity index (χ3n) is 4.98. The highest BCUT2D eigenvalue weighted by atomic mass is 28.5. The standard InChI is InChI=1S/C24H48N2O3Si6/c1-30(2,3)25-32(7,8)27-33(9,10)28-34(11,12)29-35(26-31(4,5)6,23-19-15-13-16-20-23)24-21-17-14-18-22-24/h13-22,25-26H,1-12H3. The Kier molecular flexibility index (Phi) is 9.77. The zero-order chi connectivity index (χ0) is 26.8. The molecule has 2 rings (SSSR count). The molecule has 2 N–H and O–H groups in total. The summed E-state index contributed by atoms with van der Waals surface area (Å²) in [5.41, 5.74) is 0. The lowest BCUT2D eigenvalue weighted by atomic mass is 10.4. The lowest BCUT2D eigenvalue weighted by Gasteiger charge is -2.45. The predicted octanol–water partition coefficient (Wildman–Crippen LogP) is 5.25. The van der Waals surface area contributed by atoms with Crippen molar-refractivity contribution in [2.24, 2.45) is 0 Å². The highest BCUT2D eigenvalue weighted by Crippen LogP contribution is 2.24. The molecule has 0 aliphatic heterocycles. The highest BCUT2D eigenvalue weighted by Gasteiger charge is 2.50. The molecule has 0 spiro atoms. The molecule has 11 heteroatoms. The van der Waals surface area contributed by atoms with Gasteiger partial charge in [0.05, 0.1) is 0 Å². The summed E-state index contributed by atoms with van der Waals surface area (Å²) >= 11 is 0. The molecule has 0 fully saturated rings. The van der Waals surface area contributed by atoms with Crippen molar-refractivity contribution in [1.82, 2.24) is 9.30 Å². The first-order valence-electron chi connectivity index (χ1n) is 12.5. The summed E-state index contributed by atoms with van der Waals surface area (Å²) in [6, 6.07) is 21.4. The molecule has 0 heterocycles. The fraction of sp³-hybridized carbons (Fsp3) is 0.500. The quantitative estimate of drug-likeness (QED) is 0.336. The van der Waals surface area contributed by atoms with Gasteiger partial charge in [0.25, 0.3) is 0 Å². The smallest absolute Gasteiger partial charge is 0.320 e. The minimum absolute atomic E-state index is 1.23. The van der Waals surface area contributed by atoms with Gasteiger partial charge < -0.3 is 21.6 Å². The Morgan fingerprint density at radius 3 is 1.20 bits per heavy atom. The van der Waals surface area contributed by atoms with Gasteiger partial charge in [0.2, 0.25) is 8.48 Å². The lowest BCUT2D eigenvalue weighted by Crippen LogP contribution is -2.79. The normalized spacial score (nSPS) is 14.3. The number of rotatable bonds is 12. The van der Waals surface area contributed by atoms with E-state index in [1.807, 2.05) is 0 Å². The van der Waals surface area contributed by atoms with Crippen LogP contribution in [0, 0.1) is 0 Å². The Morgan fingerprint density at radius 2 is 0.829 bits per heavy atom. The zero-order valence-corrected chi connectivity index (χ0v) is 30.0. The first kappa shape index (κ1) is 30.8. The van der Waals surface area contributed by atoms with E-state index in [2.05, 4.69) is 149 Å². The molecule has 0 atom stereocenters. The zero-order valence-electron chi connectivity index (χ0n) is 24.0. The Bertz CT molecular complexity index is 906. The highest BCUT2D eigenvalue weighted by molar-refractivity contribution is 7.06. The fourth-order valence-electron chi connectivity index (χ4n) is 4.87. The predicted molar refractivity (Wildman–Crippen MR) is 167 cm³/mol. The van der Waals surface area contributed by atoms with Gasteiger partial charge in [-0.15, -0.1) is 0 Å². The van der Waals surface area contributed by atoms with Gasteiger partial charge in [-0.3, -0.25) is 0 Å². The van der Waals surface area contributed by atoms with Crippen LogP contribution >= 0.6 is 0 Å². The second-order valence-corrected chi connectivity index (χ2v) is 37.4. The van der Waals surface area contributed by atoms with Gasteiger partial charge in [-0.1, -0.05) is 99.9 Å². The number of hydrogen-bond donors (Lipinski definition) is 2. The SMILES string of the molecule is C[Si](C)(C)N[Si](C)(C)O[Si](C)(C)O[Si](C)(C)O[Si](N[Si](C)(C)C)(c1ccccc1)c1ccccc1. The molecular formula is C24H48N2O3Si6. The summed E-state index contributed by atoms with van der Waals surface area (Å²) in [7, 11) is -13.2. The summed E-state index contributed by atoms with van der Waals surface area (Å²) in [5, 5.41) is 2.46. The monoisotopic (exact) mass is 580 g/mol. The molecule has 0 aliphatic carbocycles. The third-order valence-corrected chi connectivity index (χ3v) is 28.2. The van der Waals surface area contributed by atoms with Crippen molar-refractivity contribution >= 4 is 60.9 Å². The molecule has 0 aliphatic rings. The van der Waals surface area contributed by atoms with E-state index in [0.717, 1.165) is 0 Å². The molecule has 196 valence electrons. The summed E-state index contributed by atoms with van der Waals surface area (Å²) < 4.78 is 29.1. The van der Waals surface area contributed by atoms with Crippen molar-refractivity contribution in [1.29, 1.82) is 0 Å². The van der Waals surface area contributed by atoms with Crippen molar-refractivity contribution in [2.75, 3.05) is 0 Å². The van der Waals surface area contributed by atoms with Crippen LogP contribution in [0.3, 0.4) is 0 Å². The maximum Gasteiger partial charge on any atom is 0.320 e. The van der Waals surface area contributed by atoms with Gasteiger partial charge in [-0.05, 0) is 49.7 Å². The maximum atomic E-state index is 7.36. The van der Waals surface area contributed by atoms with E-state index in [1.54, 1.807) is 0 Å². The van der Waals surface area contributed by atoms with E-state index < -0.39 is 50.6 Å². The maximum absolute atomic E-state index is 7.36. The Hall–Kier alpha value is -0.459. The van der Waals surface area contributed by atoms with Crippen LogP contribution in [0.4, 0.5) is 0 Å². The van der Waals surface area contributed by atoms with Crippen molar-refractivity contribution in [3.63, 3.8) is 0 Å². The first-order valence-corrected chi connectivity index (χ1v) is 30.0. The van der Waals surface area contributed by atoms with Gasteiger partial charge in [-0.25, -0.2) is 0 Å². The molecular weight excluding hydrogens is 533 g/mol. The van der Waals surface area contributed by atoms with Gasteiger partial charge in [0.15, 0.2) is 0 Å². The van der Waals surface area contributed by atoms with Gasteiger partial charge in [0.1, 0.15) is 16.5 Å². The van der Waals surface area contributed by atoms with Crippen LogP contribution in [0.2, 0.25) is 78.6 Å². The molecule has 0 amide bonds. The lowest BCUT2D eigenvalue weighted by molar-refractivity contribution is 0.329. The van der Waals surface area contributed by atoms with Crippen LogP contribution in [-0.2, 0) is 12.3 Å². The molecule has 0 radical (unpaired) electrons. The summed E-state index contributed by atoms with van der Waals surface area (Å²) in [4.78, 5) is 0. The average molecular weight is 581 g/mol. The minimum Gasteiger partial charge on any atom is -0.425 e. The summed E-state index contributed by atoms with van der Waals surface area (Å²) in [5.74, 6) is 0. The van der Waals surface area contributed by atoms with E-state index in [-0.39, 0.29) is 0 Å². The molecule has 0 saturated carbocycles. The Balaban J connectivity index is 2.48. The molecule has 0 bridgehead atoms. The second kappa shape index (κ2) is 11.1. The van der Waals surface area contributed by atoms with Gasteiger partial charge in [0, 0.05) is 0 Å². The van der Waals surface area contributed by atoms with Crippen molar-refractivity contribution in [2.45, 2.75) is 78.6 Å². The van der Waals surface area contributed by atoms with E-state index in [1.165, 1.54) is 10.4 Å². The molecule has 5 nitrogen and oxygen atoms in total. The third kappa shape index (κ3) is 10.1. The molecule has 2 aromatic rings. The molecule has 0 unspecified atom stereocenters. The van der Waals surface area contributed by atoms with Crippen LogP contribution in [0.5, 0.6) is 0 Å². The largest absolute Gasteiger partial charge is 0.425 e. The topological polar surface area (TPSA) is 51.8 Å². The van der Waals surface area contributed by atoms with Crippen molar-refractivity contribution in [3.05, 3.63) is 60.7 Å². The van der Waals surface area contributed by atoms with Crippen LogP contribution < -0.4 is 19.7 Å². The number of nitrogens with one attached hydrogen (secondary N) is 2. The van der Waals surface area contributed by atoms with Crippen LogP contribution in [0.1, 0.15) is 0 Å². The second-order valence-electron chi connectivity index (χ2n) is 12.8. The van der Waals surface area contributed by atoms with E-state index in [9.17, 15) is 0 Å². The average Bonchev–Trinajstić information content (AvgIpc) is 2.63. The minimum atomic E-state index is -2.80. The van der Waals surface area contributed by atoms with E-state index >= 15 is 0 Å². The fourth-order valence-corrected chi connectivity index (χ4v) is 35.1. The van der Waals surface area contributed by atoms with Crippen LogP contribution in [0.25, 0.3) is 0 Å². The Morgan fingerprint density at radius 1 is 0.457 bits per heavy atom. The van der Waals surface area contributed by atoms with E-state index in [4.69, 9.17) is 12.3 Å². The number of hydrogen-bond acceptors (Lipinski definition) is 5. The molecule has 35 heavy (non-hydrogen) atoms. The molecule has 2 aromatic carbocycles. The van der Waals surface area contributed by atoms with Gasteiger partial charge >= 0.3 is 25.6 Å².